The second kappa shape index (κ2) is 7.18. The average molecular weight is 324 g/mol. The van der Waals surface area contributed by atoms with Crippen molar-refractivity contribution in [2.24, 2.45) is 0 Å². The van der Waals surface area contributed by atoms with Gasteiger partial charge in [0, 0.05) is 11.3 Å². The molecule has 0 amide bonds. The topological polar surface area (TPSA) is 63.6 Å². The molecule has 1 rings (SSSR count). The first-order chi connectivity index (χ1) is 9.99. The standard InChI is InChI=1S/C17H24O4S/c1-16(2,3)21-15(20)17(4,5)22-13-9-6-12(7-10-13)8-11-14(18)19/h6-7,9-10H,8,11H2,1-5H3,(H,18,19). The van der Waals surface area contributed by atoms with Crippen molar-refractivity contribution in [3.05, 3.63) is 29.8 Å². The Bertz CT molecular complexity index is 527. The first-order valence-corrected chi connectivity index (χ1v) is 8.04. The Kier molecular flexibility index (Phi) is 6.06. The quantitative estimate of drug-likeness (QED) is 0.635. The number of rotatable bonds is 6. The Morgan fingerprint density at radius 1 is 1.09 bits per heavy atom. The molecule has 0 fully saturated rings. The van der Waals surface area contributed by atoms with Crippen LogP contribution in [0.3, 0.4) is 0 Å². The Morgan fingerprint density at radius 2 is 1.64 bits per heavy atom. The molecular formula is C17H24O4S. The summed E-state index contributed by atoms with van der Waals surface area (Å²) in [5.74, 6) is -1.05. The van der Waals surface area contributed by atoms with Crippen molar-refractivity contribution in [2.75, 3.05) is 0 Å². The molecule has 22 heavy (non-hydrogen) atoms. The molecule has 1 N–H and O–H groups in total. The highest BCUT2D eigenvalue weighted by Crippen LogP contribution is 2.34. The van der Waals surface area contributed by atoms with E-state index < -0.39 is 16.3 Å². The van der Waals surface area contributed by atoms with Crippen LogP contribution in [0.25, 0.3) is 0 Å². The summed E-state index contributed by atoms with van der Waals surface area (Å²) < 4.78 is 4.75. The molecule has 0 saturated carbocycles. The first-order valence-electron chi connectivity index (χ1n) is 7.23. The zero-order valence-corrected chi connectivity index (χ0v) is 14.6. The third-order valence-electron chi connectivity index (χ3n) is 2.81. The van der Waals surface area contributed by atoms with Crippen LogP contribution in [0.5, 0.6) is 0 Å². The lowest BCUT2D eigenvalue weighted by Crippen LogP contribution is -2.36. The number of carbonyl (C=O) groups excluding carboxylic acids is 1. The van der Waals surface area contributed by atoms with E-state index >= 15 is 0 Å². The zero-order valence-electron chi connectivity index (χ0n) is 13.8. The van der Waals surface area contributed by atoms with Crippen molar-refractivity contribution in [3.63, 3.8) is 0 Å². The Morgan fingerprint density at radius 3 is 2.09 bits per heavy atom. The maximum atomic E-state index is 12.2. The van der Waals surface area contributed by atoms with Crippen LogP contribution in [0, 0.1) is 0 Å². The number of aliphatic carboxylic acids is 1. The Hall–Kier alpha value is -1.49. The predicted molar refractivity (Wildman–Crippen MR) is 88.2 cm³/mol. The van der Waals surface area contributed by atoms with Crippen LogP contribution in [0.15, 0.2) is 29.2 Å². The summed E-state index contributed by atoms with van der Waals surface area (Å²) in [7, 11) is 0. The molecule has 0 aliphatic heterocycles. The number of esters is 1. The van der Waals surface area contributed by atoms with E-state index in [4.69, 9.17) is 9.84 Å². The molecule has 0 aliphatic carbocycles. The molecule has 0 aliphatic rings. The summed E-state index contributed by atoms with van der Waals surface area (Å²) in [6, 6.07) is 7.62. The van der Waals surface area contributed by atoms with Gasteiger partial charge in [0.2, 0.25) is 0 Å². The van der Waals surface area contributed by atoms with Gasteiger partial charge in [0.25, 0.3) is 0 Å². The fourth-order valence-electron chi connectivity index (χ4n) is 1.71. The van der Waals surface area contributed by atoms with Crippen molar-refractivity contribution >= 4 is 23.7 Å². The van der Waals surface area contributed by atoms with Crippen LogP contribution in [-0.4, -0.2) is 27.4 Å². The second-order valence-corrected chi connectivity index (χ2v) is 8.35. The van der Waals surface area contributed by atoms with Gasteiger partial charge in [-0.15, -0.1) is 11.8 Å². The SMILES string of the molecule is CC(C)(C)OC(=O)C(C)(C)Sc1ccc(CCC(=O)O)cc1. The van der Waals surface area contributed by atoms with E-state index in [-0.39, 0.29) is 12.4 Å². The smallest absolute Gasteiger partial charge is 0.322 e. The third-order valence-corrected chi connectivity index (χ3v) is 4.00. The highest BCUT2D eigenvalue weighted by atomic mass is 32.2. The van der Waals surface area contributed by atoms with E-state index in [1.165, 1.54) is 11.8 Å². The number of benzene rings is 1. The van der Waals surface area contributed by atoms with Crippen LogP contribution < -0.4 is 0 Å². The van der Waals surface area contributed by atoms with Gasteiger partial charge >= 0.3 is 11.9 Å². The fraction of sp³-hybridized carbons (Fsp3) is 0.529. The molecule has 5 heteroatoms. The highest BCUT2D eigenvalue weighted by molar-refractivity contribution is 8.01. The minimum atomic E-state index is -0.801. The number of hydrogen-bond acceptors (Lipinski definition) is 4. The first kappa shape index (κ1) is 18.6. The monoisotopic (exact) mass is 324 g/mol. The predicted octanol–water partition coefficient (Wildman–Crippen LogP) is 3.92. The van der Waals surface area contributed by atoms with Crippen LogP contribution in [0.2, 0.25) is 0 Å². The van der Waals surface area contributed by atoms with E-state index in [2.05, 4.69) is 0 Å². The van der Waals surface area contributed by atoms with Gasteiger partial charge in [0.15, 0.2) is 0 Å². The summed E-state index contributed by atoms with van der Waals surface area (Å²) in [5, 5.41) is 8.68. The van der Waals surface area contributed by atoms with Gasteiger partial charge in [-0.3, -0.25) is 9.59 Å². The van der Waals surface area contributed by atoms with E-state index in [0.717, 1.165) is 10.5 Å². The number of carbonyl (C=O) groups is 2. The highest BCUT2D eigenvalue weighted by Gasteiger charge is 2.33. The lowest BCUT2D eigenvalue weighted by atomic mass is 10.1. The van der Waals surface area contributed by atoms with Gasteiger partial charge in [0.05, 0.1) is 0 Å². The number of carboxylic acid groups (broad SMARTS) is 1. The summed E-state index contributed by atoms with van der Waals surface area (Å²) in [4.78, 5) is 23.7. The van der Waals surface area contributed by atoms with Crippen LogP contribution in [-0.2, 0) is 20.7 Å². The van der Waals surface area contributed by atoms with Crippen molar-refractivity contribution in [1.82, 2.24) is 0 Å². The van der Waals surface area contributed by atoms with Crippen LogP contribution in [0.1, 0.15) is 46.6 Å². The van der Waals surface area contributed by atoms with Gasteiger partial charge in [-0.05, 0) is 58.7 Å². The van der Waals surface area contributed by atoms with Crippen molar-refractivity contribution in [1.29, 1.82) is 0 Å². The molecule has 0 unspecified atom stereocenters. The van der Waals surface area contributed by atoms with Gasteiger partial charge in [0.1, 0.15) is 10.3 Å². The van der Waals surface area contributed by atoms with Crippen LogP contribution in [0.4, 0.5) is 0 Å². The van der Waals surface area contributed by atoms with Crippen molar-refractivity contribution < 1.29 is 19.4 Å². The summed E-state index contributed by atoms with van der Waals surface area (Å²) >= 11 is 1.44. The average Bonchev–Trinajstić information content (AvgIpc) is 2.35. The van der Waals surface area contributed by atoms with Crippen LogP contribution >= 0.6 is 11.8 Å². The largest absolute Gasteiger partial charge is 0.481 e. The van der Waals surface area contributed by atoms with E-state index in [9.17, 15) is 9.59 Å². The summed E-state index contributed by atoms with van der Waals surface area (Å²) in [6.45, 7) is 9.23. The third kappa shape index (κ3) is 6.52. The van der Waals surface area contributed by atoms with Crippen molar-refractivity contribution in [2.45, 2.75) is 62.7 Å². The van der Waals surface area contributed by atoms with E-state index in [1.807, 2.05) is 58.9 Å². The number of aryl methyl sites for hydroxylation is 1. The molecule has 0 aromatic heterocycles. The van der Waals surface area contributed by atoms with E-state index in [0.29, 0.717) is 6.42 Å². The lowest BCUT2D eigenvalue weighted by Gasteiger charge is -2.28. The normalized spacial score (nSPS) is 12.0. The molecule has 0 radical (unpaired) electrons. The van der Waals surface area contributed by atoms with Crippen molar-refractivity contribution in [3.8, 4) is 0 Å². The second-order valence-electron chi connectivity index (χ2n) is 6.65. The number of thioether (sulfide) groups is 1. The molecule has 0 spiro atoms. The number of carboxylic acids is 1. The minimum absolute atomic E-state index is 0.121. The maximum Gasteiger partial charge on any atom is 0.322 e. The Labute approximate surface area is 136 Å². The molecular weight excluding hydrogens is 300 g/mol. The molecule has 0 heterocycles. The van der Waals surface area contributed by atoms with Gasteiger partial charge < -0.3 is 9.84 Å². The number of hydrogen-bond donors (Lipinski definition) is 1. The Balaban J connectivity index is 2.69. The molecule has 1 aromatic rings. The molecule has 0 atom stereocenters. The van der Waals surface area contributed by atoms with E-state index in [1.54, 1.807) is 0 Å². The fourth-order valence-corrected chi connectivity index (χ4v) is 2.70. The summed E-state index contributed by atoms with van der Waals surface area (Å²) in [6.07, 6.45) is 0.631. The molecule has 122 valence electrons. The molecule has 4 nitrogen and oxygen atoms in total. The van der Waals surface area contributed by atoms with Gasteiger partial charge in [-0.2, -0.15) is 0 Å². The molecule has 1 aromatic carbocycles. The molecule has 0 bridgehead atoms. The maximum absolute atomic E-state index is 12.2. The molecule has 0 saturated heterocycles. The number of ether oxygens (including phenoxy) is 1. The van der Waals surface area contributed by atoms with Gasteiger partial charge in [-0.25, -0.2) is 0 Å². The minimum Gasteiger partial charge on any atom is -0.481 e. The lowest BCUT2D eigenvalue weighted by molar-refractivity contribution is -0.156. The zero-order chi connectivity index (χ0) is 17.0. The van der Waals surface area contributed by atoms with Gasteiger partial charge in [-0.1, -0.05) is 12.1 Å². The summed E-state index contributed by atoms with van der Waals surface area (Å²) in [5.41, 5.74) is 0.470.